The topological polar surface area (TPSA) is 12.5 Å². The number of halogens is 3. The third-order valence-corrected chi connectivity index (χ3v) is 4.31. The molecule has 0 saturated heterocycles. The minimum absolute atomic E-state index is 0.0626. The van der Waals surface area contributed by atoms with Crippen LogP contribution in [0.25, 0.3) is 0 Å². The van der Waals surface area contributed by atoms with Gasteiger partial charge in [-0.05, 0) is 0 Å². The first-order valence-electron chi connectivity index (χ1n) is 5.29. The van der Waals surface area contributed by atoms with E-state index in [2.05, 4.69) is 0 Å². The maximum absolute atomic E-state index is 13.0. The molecule has 0 aliphatic heterocycles. The molecule has 0 aromatic heterocycles. The number of hydrogen-bond acceptors (Lipinski definition) is 2. The van der Waals surface area contributed by atoms with Crippen molar-refractivity contribution in [1.82, 2.24) is 4.90 Å². The average Bonchev–Trinajstić information content (AvgIpc) is 2.14. The summed E-state index contributed by atoms with van der Waals surface area (Å²) in [6.07, 6.45) is -4.35. The fourth-order valence-corrected chi connectivity index (χ4v) is 2.60. The molecule has 0 fully saturated rings. The van der Waals surface area contributed by atoms with Crippen LogP contribution in [-0.2, 0) is 3.07 Å². The maximum atomic E-state index is 13.0. The Labute approximate surface area is 109 Å². The minimum atomic E-state index is -4.35. The van der Waals surface area contributed by atoms with Crippen molar-refractivity contribution in [3.05, 3.63) is 0 Å². The molecule has 0 N–H and O–H groups in total. The Morgan fingerprint density at radius 1 is 1.25 bits per heavy atom. The van der Waals surface area contributed by atoms with Gasteiger partial charge in [-0.2, -0.15) is 0 Å². The predicted octanol–water partition coefficient (Wildman–Crippen LogP) is 2.53. The van der Waals surface area contributed by atoms with Gasteiger partial charge in [0.25, 0.3) is 0 Å². The number of nitrogens with zero attached hydrogens (tertiary/aromatic N) is 1. The summed E-state index contributed by atoms with van der Waals surface area (Å²) in [6.45, 7) is 8.90. The molecule has 2 atom stereocenters. The molecule has 95 valence electrons. The molecule has 0 bridgehead atoms. The number of hydrogen-bond donors (Lipinski definition) is 0. The Kier molecular flexibility index (Phi) is 6.09. The van der Waals surface area contributed by atoms with Gasteiger partial charge in [-0.15, -0.1) is 0 Å². The van der Waals surface area contributed by atoms with Crippen molar-refractivity contribution in [2.45, 2.75) is 58.5 Å². The molecule has 2 nitrogen and oxygen atoms in total. The van der Waals surface area contributed by atoms with Crippen LogP contribution < -0.4 is 0 Å². The first kappa shape index (κ1) is 16.5. The van der Waals surface area contributed by atoms with E-state index in [0.29, 0.717) is 29.5 Å². The molecule has 2 unspecified atom stereocenters. The van der Waals surface area contributed by atoms with Crippen molar-refractivity contribution in [1.29, 1.82) is 0 Å². The number of likely N-dealkylation sites (N-methyl/N-ethyl adjacent to an activating group) is 1. The van der Waals surface area contributed by atoms with Gasteiger partial charge in [0.05, 0.1) is 0 Å². The molecule has 0 aromatic carbocycles. The molecule has 0 spiro atoms. The molecule has 6 heteroatoms. The van der Waals surface area contributed by atoms with Crippen molar-refractivity contribution >= 4 is 22.9 Å². The molecule has 16 heavy (non-hydrogen) atoms. The Hall–Kier alpha value is 0.509. The quantitative estimate of drug-likeness (QED) is 0.711. The summed E-state index contributed by atoms with van der Waals surface area (Å²) in [6, 6.07) is -0.635. The molecule has 0 aliphatic carbocycles. The summed E-state index contributed by atoms with van der Waals surface area (Å²) in [5.74, 6) is 0. The van der Waals surface area contributed by atoms with Crippen LogP contribution in [0.15, 0.2) is 0 Å². The Morgan fingerprint density at radius 2 is 1.69 bits per heavy atom. The second-order valence-electron chi connectivity index (χ2n) is 4.31. The van der Waals surface area contributed by atoms with E-state index in [0.717, 1.165) is 6.92 Å². The standard InChI is InChI=1S/C10H19F3NO.Sn/c1-6-14(7(2)3)8(4)9(5,15)10(11,12)13;/h7-8H,6H2,1-5H3;/q-1;+1. The van der Waals surface area contributed by atoms with Crippen molar-refractivity contribution in [3.63, 3.8) is 0 Å². The van der Waals surface area contributed by atoms with Crippen LogP contribution in [0.4, 0.5) is 13.2 Å². The van der Waals surface area contributed by atoms with Crippen molar-refractivity contribution in [2.75, 3.05) is 6.54 Å². The summed E-state index contributed by atoms with van der Waals surface area (Å²) >= 11 is 0.438. The van der Waals surface area contributed by atoms with Gasteiger partial charge >= 0.3 is 109 Å². The normalized spacial score (nSPS) is 18.9. The van der Waals surface area contributed by atoms with Gasteiger partial charge in [-0.1, -0.05) is 0 Å². The van der Waals surface area contributed by atoms with E-state index in [4.69, 9.17) is 3.07 Å². The van der Waals surface area contributed by atoms with Crippen LogP contribution in [-0.4, -0.2) is 58.2 Å². The van der Waals surface area contributed by atoms with Crippen LogP contribution in [0.1, 0.15) is 34.6 Å². The van der Waals surface area contributed by atoms with Crippen LogP contribution >= 0.6 is 0 Å². The van der Waals surface area contributed by atoms with Crippen molar-refractivity contribution in [2.24, 2.45) is 0 Å². The van der Waals surface area contributed by atoms with E-state index < -0.39 is 17.8 Å². The van der Waals surface area contributed by atoms with Crippen LogP contribution in [0.2, 0.25) is 0 Å². The van der Waals surface area contributed by atoms with E-state index in [9.17, 15) is 13.2 Å². The molecule has 3 radical (unpaired) electrons. The Bertz CT molecular complexity index is 223. The van der Waals surface area contributed by atoms with Gasteiger partial charge in [-0.25, -0.2) is 0 Å². The molecular weight excluding hydrogens is 326 g/mol. The summed E-state index contributed by atoms with van der Waals surface area (Å²) < 4.78 is 43.8. The molecule has 0 aliphatic rings. The predicted molar refractivity (Wildman–Crippen MR) is 58.3 cm³/mol. The van der Waals surface area contributed by atoms with Crippen LogP contribution in [0, 0.1) is 0 Å². The van der Waals surface area contributed by atoms with Gasteiger partial charge in [0, 0.05) is 0 Å². The number of rotatable bonds is 5. The van der Waals surface area contributed by atoms with E-state index >= 15 is 0 Å². The van der Waals surface area contributed by atoms with Crippen molar-refractivity contribution in [3.8, 4) is 0 Å². The van der Waals surface area contributed by atoms with E-state index in [1.165, 1.54) is 0 Å². The van der Waals surface area contributed by atoms with Gasteiger partial charge in [0.1, 0.15) is 0 Å². The van der Waals surface area contributed by atoms with Crippen LogP contribution in [0.5, 0.6) is 0 Å². The Morgan fingerprint density at radius 3 is 1.88 bits per heavy atom. The third kappa shape index (κ3) is 3.26. The average molecular weight is 345 g/mol. The SMILES string of the molecule is CCN(C(C)C)C(C)C(C)([O][Sn])C(F)(F)F. The van der Waals surface area contributed by atoms with Gasteiger partial charge < -0.3 is 0 Å². The van der Waals surface area contributed by atoms with Crippen LogP contribution in [0.3, 0.4) is 0 Å². The van der Waals surface area contributed by atoms with E-state index in [1.807, 2.05) is 20.8 Å². The van der Waals surface area contributed by atoms with E-state index in [1.54, 1.807) is 11.8 Å². The molecule has 0 amide bonds. The van der Waals surface area contributed by atoms with Gasteiger partial charge in [0.15, 0.2) is 0 Å². The zero-order valence-electron chi connectivity index (χ0n) is 10.4. The molecule has 0 saturated carbocycles. The molecule has 0 heterocycles. The summed E-state index contributed by atoms with van der Waals surface area (Å²) in [4.78, 5) is 1.79. The van der Waals surface area contributed by atoms with E-state index in [-0.39, 0.29) is 6.04 Å². The molecule has 0 rings (SSSR count). The fourth-order valence-electron chi connectivity index (χ4n) is 1.78. The van der Waals surface area contributed by atoms with Gasteiger partial charge in [-0.3, -0.25) is 0 Å². The first-order valence-corrected chi connectivity index (χ1v) is 6.45. The summed E-state index contributed by atoms with van der Waals surface area (Å²) in [5.41, 5.74) is -2.09. The molecular formula is C10H19F3NOSn. The monoisotopic (exact) mass is 346 g/mol. The summed E-state index contributed by atoms with van der Waals surface area (Å²) in [7, 11) is 0. The Balaban J connectivity index is 5.10. The van der Waals surface area contributed by atoms with Gasteiger partial charge in [0.2, 0.25) is 0 Å². The third-order valence-electron chi connectivity index (χ3n) is 3.10. The second kappa shape index (κ2) is 5.91. The second-order valence-corrected chi connectivity index (χ2v) is 4.89. The van der Waals surface area contributed by atoms with Crippen molar-refractivity contribution < 1.29 is 16.2 Å². The fraction of sp³-hybridized carbons (Fsp3) is 1.00. The number of alkyl halides is 3. The molecule has 0 aromatic rings. The summed E-state index contributed by atoms with van der Waals surface area (Å²) in [5, 5.41) is 0. The zero-order chi connectivity index (χ0) is 13.1. The first-order chi connectivity index (χ1) is 7.11. The zero-order valence-corrected chi connectivity index (χ0v) is 13.2.